The predicted octanol–water partition coefficient (Wildman–Crippen LogP) is 4.34. The molecule has 142 valence electrons. The summed E-state index contributed by atoms with van der Waals surface area (Å²) in [5.74, 6) is 1.28. The van der Waals surface area contributed by atoms with Gasteiger partial charge in [-0.05, 0) is 47.9 Å². The van der Waals surface area contributed by atoms with Crippen molar-refractivity contribution in [2.24, 2.45) is 0 Å². The van der Waals surface area contributed by atoms with Crippen LogP contribution in [0, 0.1) is 0 Å². The molecule has 0 aliphatic heterocycles. The Morgan fingerprint density at radius 1 is 1.37 bits per heavy atom. The van der Waals surface area contributed by atoms with E-state index < -0.39 is 0 Å². The Bertz CT molecular complexity index is 895. The molecule has 3 aromatic rings. The monoisotopic (exact) mass is 406 g/mol. The van der Waals surface area contributed by atoms with Crippen LogP contribution >= 0.6 is 22.9 Å². The minimum Gasteiger partial charge on any atom is -0.497 e. The fourth-order valence-electron chi connectivity index (χ4n) is 2.47. The zero-order chi connectivity index (χ0) is 19.2. The molecule has 2 heterocycles. The van der Waals surface area contributed by atoms with Gasteiger partial charge in [-0.3, -0.25) is 4.79 Å². The maximum absolute atomic E-state index is 12.3. The normalized spacial score (nSPS) is 11.8. The molecule has 1 N–H and O–H groups in total. The van der Waals surface area contributed by atoms with Crippen LogP contribution in [0.1, 0.15) is 28.7 Å². The molecule has 0 radical (unpaired) electrons. The molecule has 6 nitrogen and oxygen atoms in total. The average molecular weight is 407 g/mol. The largest absolute Gasteiger partial charge is 0.497 e. The Balaban J connectivity index is 1.54. The molecule has 0 bridgehead atoms. The van der Waals surface area contributed by atoms with Crippen molar-refractivity contribution in [3.8, 4) is 11.5 Å². The van der Waals surface area contributed by atoms with Crippen molar-refractivity contribution in [2.45, 2.75) is 26.0 Å². The zero-order valence-electron chi connectivity index (χ0n) is 14.9. The van der Waals surface area contributed by atoms with E-state index >= 15 is 0 Å². The first-order valence-corrected chi connectivity index (χ1v) is 9.61. The molecule has 1 amide bonds. The van der Waals surface area contributed by atoms with E-state index in [1.165, 1.54) is 5.56 Å². The smallest absolute Gasteiger partial charge is 0.273 e. The van der Waals surface area contributed by atoms with E-state index in [4.69, 9.17) is 25.6 Å². The topological polar surface area (TPSA) is 73.6 Å². The summed E-state index contributed by atoms with van der Waals surface area (Å²) in [7, 11) is 1.56. The van der Waals surface area contributed by atoms with Crippen LogP contribution in [0.15, 0.2) is 45.6 Å². The van der Waals surface area contributed by atoms with E-state index in [9.17, 15) is 4.79 Å². The van der Waals surface area contributed by atoms with Gasteiger partial charge in [-0.25, -0.2) is 0 Å². The Labute approximate surface area is 166 Å². The van der Waals surface area contributed by atoms with Gasteiger partial charge < -0.3 is 19.3 Å². The summed E-state index contributed by atoms with van der Waals surface area (Å²) >= 11 is 7.77. The third-order valence-electron chi connectivity index (χ3n) is 3.80. The number of halogens is 1. The van der Waals surface area contributed by atoms with Crippen molar-refractivity contribution in [3.05, 3.63) is 63.1 Å². The first-order valence-electron chi connectivity index (χ1n) is 8.29. The number of methoxy groups -OCH3 is 1. The molecular weight excluding hydrogens is 388 g/mol. The van der Waals surface area contributed by atoms with Crippen LogP contribution in [-0.4, -0.2) is 24.2 Å². The number of hydrogen-bond acceptors (Lipinski definition) is 6. The number of nitrogens with one attached hydrogen (secondary N) is 1. The standard InChI is InChI=1S/C19H19ClN2O4S/c1-12(7-13-5-6-27-11-13)21-19(23)17-9-15(26-22-17)10-25-18-4-3-14(24-2)8-16(18)20/h3-6,8-9,11-12H,7,10H2,1-2H3,(H,21,23). The molecule has 8 heteroatoms. The Morgan fingerprint density at radius 3 is 2.93 bits per heavy atom. The molecule has 3 rings (SSSR count). The predicted molar refractivity (Wildman–Crippen MR) is 104 cm³/mol. The minimum atomic E-state index is -0.282. The highest BCUT2D eigenvalue weighted by atomic mass is 35.5. The van der Waals surface area contributed by atoms with Gasteiger partial charge in [0.25, 0.3) is 5.91 Å². The van der Waals surface area contributed by atoms with Gasteiger partial charge in [-0.1, -0.05) is 16.8 Å². The number of carbonyl (C=O) groups excluding carboxylic acids is 1. The van der Waals surface area contributed by atoms with Crippen LogP contribution in [0.3, 0.4) is 0 Å². The lowest BCUT2D eigenvalue weighted by atomic mass is 10.1. The highest BCUT2D eigenvalue weighted by Crippen LogP contribution is 2.29. The SMILES string of the molecule is COc1ccc(OCc2cc(C(=O)NC(C)Cc3ccsc3)no2)c(Cl)c1. The number of rotatable bonds is 8. The highest BCUT2D eigenvalue weighted by Gasteiger charge is 2.16. The number of thiophene rings is 1. The Hall–Kier alpha value is -2.51. The van der Waals surface area contributed by atoms with Crippen LogP contribution in [-0.2, 0) is 13.0 Å². The maximum atomic E-state index is 12.3. The third-order valence-corrected chi connectivity index (χ3v) is 4.83. The summed E-state index contributed by atoms with van der Waals surface area (Å²) in [6.07, 6.45) is 0.763. The van der Waals surface area contributed by atoms with Gasteiger partial charge in [0.1, 0.15) is 18.1 Å². The second-order valence-corrected chi connectivity index (χ2v) is 7.16. The van der Waals surface area contributed by atoms with E-state index in [1.807, 2.05) is 18.4 Å². The van der Waals surface area contributed by atoms with Crippen molar-refractivity contribution in [3.63, 3.8) is 0 Å². The Morgan fingerprint density at radius 2 is 2.22 bits per heavy atom. The average Bonchev–Trinajstić information content (AvgIpc) is 3.32. The fraction of sp³-hybridized carbons (Fsp3) is 0.263. The molecule has 1 aromatic carbocycles. The van der Waals surface area contributed by atoms with Crippen molar-refractivity contribution in [1.82, 2.24) is 10.5 Å². The number of ether oxygens (including phenoxy) is 2. The molecular formula is C19H19ClN2O4S. The number of benzene rings is 1. The fourth-order valence-corrected chi connectivity index (χ4v) is 3.38. The minimum absolute atomic E-state index is 0.0124. The van der Waals surface area contributed by atoms with Crippen molar-refractivity contribution < 1.29 is 18.8 Å². The molecule has 0 saturated heterocycles. The third kappa shape index (κ3) is 5.24. The van der Waals surface area contributed by atoms with Gasteiger partial charge in [-0.15, -0.1) is 0 Å². The summed E-state index contributed by atoms with van der Waals surface area (Å²) in [5, 5.41) is 11.2. The molecule has 0 saturated carbocycles. The van der Waals surface area contributed by atoms with Gasteiger partial charge in [-0.2, -0.15) is 11.3 Å². The molecule has 0 spiro atoms. The van der Waals surface area contributed by atoms with Gasteiger partial charge in [0.15, 0.2) is 11.5 Å². The first-order chi connectivity index (χ1) is 13.0. The summed E-state index contributed by atoms with van der Waals surface area (Å²) in [4.78, 5) is 12.3. The van der Waals surface area contributed by atoms with Crippen LogP contribution in [0.5, 0.6) is 11.5 Å². The van der Waals surface area contributed by atoms with Gasteiger partial charge >= 0.3 is 0 Å². The lowest BCUT2D eigenvalue weighted by molar-refractivity contribution is 0.0930. The lowest BCUT2D eigenvalue weighted by Gasteiger charge is -2.11. The second-order valence-electron chi connectivity index (χ2n) is 5.97. The van der Waals surface area contributed by atoms with E-state index in [-0.39, 0.29) is 24.2 Å². The molecule has 0 aliphatic carbocycles. The van der Waals surface area contributed by atoms with Crippen molar-refractivity contribution in [1.29, 1.82) is 0 Å². The summed E-state index contributed by atoms with van der Waals surface area (Å²) in [5.41, 5.74) is 1.41. The molecule has 1 atom stereocenters. The highest BCUT2D eigenvalue weighted by molar-refractivity contribution is 7.07. The second kappa shape index (κ2) is 8.92. The van der Waals surface area contributed by atoms with Gasteiger partial charge in [0.05, 0.1) is 12.1 Å². The lowest BCUT2D eigenvalue weighted by Crippen LogP contribution is -2.34. The van der Waals surface area contributed by atoms with Gasteiger partial charge in [0.2, 0.25) is 0 Å². The molecule has 0 aliphatic rings. The van der Waals surface area contributed by atoms with Crippen LogP contribution < -0.4 is 14.8 Å². The van der Waals surface area contributed by atoms with E-state index in [1.54, 1.807) is 42.7 Å². The first kappa shape index (κ1) is 19.3. The maximum Gasteiger partial charge on any atom is 0.273 e. The van der Waals surface area contributed by atoms with Crippen molar-refractivity contribution >= 4 is 28.8 Å². The number of aromatic nitrogens is 1. The zero-order valence-corrected chi connectivity index (χ0v) is 16.5. The van der Waals surface area contributed by atoms with Crippen LogP contribution in [0.4, 0.5) is 0 Å². The summed E-state index contributed by atoms with van der Waals surface area (Å²) in [6, 6.07) is 8.70. The number of carbonyl (C=O) groups is 1. The molecule has 1 unspecified atom stereocenters. The van der Waals surface area contributed by atoms with Crippen LogP contribution in [0.25, 0.3) is 0 Å². The number of hydrogen-bond donors (Lipinski definition) is 1. The molecule has 0 fully saturated rings. The van der Waals surface area contributed by atoms with E-state index in [2.05, 4.69) is 15.9 Å². The van der Waals surface area contributed by atoms with Gasteiger partial charge in [0, 0.05) is 18.2 Å². The molecule has 2 aromatic heterocycles. The van der Waals surface area contributed by atoms with E-state index in [0.717, 1.165) is 6.42 Å². The summed E-state index contributed by atoms with van der Waals surface area (Å²) < 4.78 is 15.9. The Kier molecular flexibility index (Phi) is 6.36. The quantitative estimate of drug-likeness (QED) is 0.602. The molecule has 27 heavy (non-hydrogen) atoms. The van der Waals surface area contributed by atoms with E-state index in [0.29, 0.717) is 22.3 Å². The van der Waals surface area contributed by atoms with Crippen molar-refractivity contribution in [2.75, 3.05) is 7.11 Å². The van der Waals surface area contributed by atoms with Crippen LogP contribution in [0.2, 0.25) is 5.02 Å². The summed E-state index contributed by atoms with van der Waals surface area (Å²) in [6.45, 7) is 2.06. The number of amides is 1. The number of nitrogens with zero attached hydrogens (tertiary/aromatic N) is 1.